The standard InChI is InChI=1S/C14H16N2O6/c1-22-9-14(13(18)19)6-7-15(8-14)12(17)10-2-4-11(5-3-10)16(20)21/h2-5H,6-9H2,1H3,(H,18,19). The number of hydrogen-bond acceptors (Lipinski definition) is 5. The van der Waals surface area contributed by atoms with E-state index in [1.165, 1.54) is 36.3 Å². The fourth-order valence-corrected chi connectivity index (χ4v) is 2.58. The summed E-state index contributed by atoms with van der Waals surface area (Å²) < 4.78 is 4.97. The Labute approximate surface area is 126 Å². The van der Waals surface area contributed by atoms with Crippen LogP contribution >= 0.6 is 0 Å². The molecule has 1 saturated heterocycles. The van der Waals surface area contributed by atoms with E-state index in [1.807, 2.05) is 0 Å². The molecule has 1 atom stereocenters. The van der Waals surface area contributed by atoms with Gasteiger partial charge in [0.1, 0.15) is 5.41 Å². The maximum atomic E-state index is 12.4. The Hall–Kier alpha value is -2.48. The van der Waals surface area contributed by atoms with Gasteiger partial charge in [-0.15, -0.1) is 0 Å². The Kier molecular flexibility index (Phi) is 4.41. The van der Waals surface area contributed by atoms with Crippen molar-refractivity contribution in [2.24, 2.45) is 5.41 Å². The van der Waals surface area contributed by atoms with Crippen LogP contribution in [-0.2, 0) is 9.53 Å². The predicted octanol–water partition coefficient (Wildman–Crippen LogP) is 1.16. The second-order valence-corrected chi connectivity index (χ2v) is 5.30. The zero-order chi connectivity index (χ0) is 16.3. The lowest BCUT2D eigenvalue weighted by Crippen LogP contribution is -2.40. The number of carboxylic acid groups (broad SMARTS) is 1. The molecule has 0 bridgehead atoms. The van der Waals surface area contributed by atoms with Gasteiger partial charge in [-0.3, -0.25) is 19.7 Å². The average Bonchev–Trinajstić information content (AvgIpc) is 2.92. The Balaban J connectivity index is 2.14. The third kappa shape index (κ3) is 2.91. The summed E-state index contributed by atoms with van der Waals surface area (Å²) in [6.07, 6.45) is 0.314. The van der Waals surface area contributed by atoms with Crippen LogP contribution in [-0.4, -0.2) is 53.6 Å². The number of ether oxygens (including phenoxy) is 1. The van der Waals surface area contributed by atoms with Crippen LogP contribution in [0.1, 0.15) is 16.8 Å². The Morgan fingerprint density at radius 2 is 2.05 bits per heavy atom. The highest BCUT2D eigenvalue weighted by Gasteiger charge is 2.46. The molecule has 1 amide bonds. The summed E-state index contributed by atoms with van der Waals surface area (Å²) in [5.41, 5.74) is -0.896. The lowest BCUT2D eigenvalue weighted by atomic mass is 9.88. The highest BCUT2D eigenvalue weighted by atomic mass is 16.6. The van der Waals surface area contributed by atoms with Gasteiger partial charge in [0.25, 0.3) is 11.6 Å². The van der Waals surface area contributed by atoms with Crippen molar-refractivity contribution < 1.29 is 24.4 Å². The van der Waals surface area contributed by atoms with Crippen LogP contribution in [0.3, 0.4) is 0 Å². The molecule has 0 radical (unpaired) electrons. The van der Waals surface area contributed by atoms with E-state index in [0.717, 1.165) is 0 Å². The first kappa shape index (κ1) is 15.9. The van der Waals surface area contributed by atoms with Crippen molar-refractivity contribution >= 4 is 17.6 Å². The number of carbonyl (C=O) groups excluding carboxylic acids is 1. The largest absolute Gasteiger partial charge is 0.481 e. The monoisotopic (exact) mass is 308 g/mol. The SMILES string of the molecule is COCC1(C(=O)O)CCN(C(=O)c2ccc([N+](=O)[O-])cc2)C1. The lowest BCUT2D eigenvalue weighted by molar-refractivity contribution is -0.384. The maximum absolute atomic E-state index is 12.4. The first-order chi connectivity index (χ1) is 10.4. The number of likely N-dealkylation sites (tertiary alicyclic amines) is 1. The summed E-state index contributed by atoms with van der Waals surface area (Å²) in [5.74, 6) is -1.33. The number of aliphatic carboxylic acids is 1. The van der Waals surface area contributed by atoms with E-state index in [4.69, 9.17) is 4.74 Å². The van der Waals surface area contributed by atoms with Crippen LogP contribution in [0.2, 0.25) is 0 Å². The van der Waals surface area contributed by atoms with Crippen molar-refractivity contribution in [3.63, 3.8) is 0 Å². The van der Waals surface area contributed by atoms with E-state index < -0.39 is 16.3 Å². The van der Waals surface area contributed by atoms with E-state index in [-0.39, 0.29) is 24.7 Å². The summed E-state index contributed by atoms with van der Waals surface area (Å²) in [7, 11) is 1.42. The molecular weight excluding hydrogens is 292 g/mol. The second kappa shape index (κ2) is 6.10. The molecule has 22 heavy (non-hydrogen) atoms. The number of methoxy groups -OCH3 is 1. The molecule has 0 aliphatic carbocycles. The molecule has 8 heteroatoms. The second-order valence-electron chi connectivity index (χ2n) is 5.30. The van der Waals surface area contributed by atoms with Gasteiger partial charge in [0.15, 0.2) is 0 Å². The number of carbonyl (C=O) groups is 2. The minimum Gasteiger partial charge on any atom is -0.481 e. The Morgan fingerprint density at radius 3 is 2.55 bits per heavy atom. The van der Waals surface area contributed by atoms with Gasteiger partial charge in [-0.2, -0.15) is 0 Å². The van der Waals surface area contributed by atoms with Gasteiger partial charge in [-0.25, -0.2) is 0 Å². The highest BCUT2D eigenvalue weighted by molar-refractivity contribution is 5.95. The van der Waals surface area contributed by atoms with Gasteiger partial charge >= 0.3 is 5.97 Å². The number of nitrogens with zero attached hydrogens (tertiary/aromatic N) is 2. The molecule has 1 aliphatic rings. The number of carboxylic acids is 1. The van der Waals surface area contributed by atoms with Gasteiger partial charge in [0.05, 0.1) is 11.5 Å². The van der Waals surface area contributed by atoms with Crippen LogP contribution < -0.4 is 0 Å². The van der Waals surface area contributed by atoms with Gasteiger partial charge < -0.3 is 14.7 Å². The van der Waals surface area contributed by atoms with Crippen molar-refractivity contribution in [1.82, 2.24) is 4.90 Å². The lowest BCUT2D eigenvalue weighted by Gasteiger charge is -2.23. The number of rotatable bonds is 5. The van der Waals surface area contributed by atoms with Crippen LogP contribution in [0, 0.1) is 15.5 Å². The Morgan fingerprint density at radius 1 is 1.41 bits per heavy atom. The van der Waals surface area contributed by atoms with Crippen LogP contribution in [0.25, 0.3) is 0 Å². The minimum absolute atomic E-state index is 0.0341. The molecule has 118 valence electrons. The van der Waals surface area contributed by atoms with Crippen molar-refractivity contribution in [2.75, 3.05) is 26.8 Å². The van der Waals surface area contributed by atoms with Crippen molar-refractivity contribution in [3.8, 4) is 0 Å². The van der Waals surface area contributed by atoms with E-state index in [1.54, 1.807) is 0 Å². The number of nitro benzene ring substituents is 1. The summed E-state index contributed by atoms with van der Waals surface area (Å²) >= 11 is 0. The van der Waals surface area contributed by atoms with Crippen molar-refractivity contribution in [1.29, 1.82) is 0 Å². The highest BCUT2D eigenvalue weighted by Crippen LogP contribution is 2.32. The molecule has 1 aromatic carbocycles. The number of non-ortho nitro benzene ring substituents is 1. The molecule has 2 rings (SSSR count). The molecule has 0 saturated carbocycles. The molecule has 0 spiro atoms. The number of nitro groups is 1. The maximum Gasteiger partial charge on any atom is 0.313 e. The Bertz CT molecular complexity index is 600. The summed E-state index contributed by atoms with van der Waals surface area (Å²) in [4.78, 5) is 35.3. The molecule has 0 aromatic heterocycles. The summed E-state index contributed by atoms with van der Waals surface area (Å²) in [6.45, 7) is 0.407. The molecule has 8 nitrogen and oxygen atoms in total. The topological polar surface area (TPSA) is 110 Å². The van der Waals surface area contributed by atoms with Crippen LogP contribution in [0.15, 0.2) is 24.3 Å². The zero-order valence-corrected chi connectivity index (χ0v) is 12.0. The van der Waals surface area contributed by atoms with Crippen molar-refractivity contribution in [2.45, 2.75) is 6.42 Å². The zero-order valence-electron chi connectivity index (χ0n) is 12.0. The minimum atomic E-state index is -1.09. The molecule has 1 heterocycles. The predicted molar refractivity (Wildman–Crippen MR) is 75.6 cm³/mol. The van der Waals surface area contributed by atoms with Gasteiger partial charge in [-0.1, -0.05) is 0 Å². The number of amides is 1. The molecular formula is C14H16N2O6. The molecule has 1 aliphatic heterocycles. The molecule has 1 aromatic rings. The third-order valence-electron chi connectivity index (χ3n) is 3.84. The fourth-order valence-electron chi connectivity index (χ4n) is 2.58. The van der Waals surface area contributed by atoms with E-state index in [0.29, 0.717) is 18.5 Å². The van der Waals surface area contributed by atoms with E-state index in [9.17, 15) is 24.8 Å². The summed E-state index contributed by atoms with van der Waals surface area (Å²) in [5, 5.41) is 20.0. The smallest absolute Gasteiger partial charge is 0.313 e. The van der Waals surface area contributed by atoms with Gasteiger partial charge in [0, 0.05) is 37.9 Å². The normalized spacial score (nSPS) is 20.9. The number of benzene rings is 1. The van der Waals surface area contributed by atoms with Crippen LogP contribution in [0.5, 0.6) is 0 Å². The quantitative estimate of drug-likeness (QED) is 0.645. The first-order valence-corrected chi connectivity index (χ1v) is 6.66. The molecule has 1 N–H and O–H groups in total. The van der Waals surface area contributed by atoms with Crippen LogP contribution in [0.4, 0.5) is 5.69 Å². The van der Waals surface area contributed by atoms with Gasteiger partial charge in [0.2, 0.25) is 0 Å². The van der Waals surface area contributed by atoms with Crippen molar-refractivity contribution in [3.05, 3.63) is 39.9 Å². The first-order valence-electron chi connectivity index (χ1n) is 6.66. The average molecular weight is 308 g/mol. The van der Waals surface area contributed by atoms with Gasteiger partial charge in [-0.05, 0) is 18.6 Å². The third-order valence-corrected chi connectivity index (χ3v) is 3.84. The summed E-state index contributed by atoms with van der Waals surface area (Å²) in [6, 6.07) is 5.25. The number of hydrogen-bond donors (Lipinski definition) is 1. The molecule has 1 unspecified atom stereocenters. The molecule has 1 fully saturated rings. The van der Waals surface area contributed by atoms with E-state index in [2.05, 4.69) is 0 Å². The fraction of sp³-hybridized carbons (Fsp3) is 0.429. The van der Waals surface area contributed by atoms with E-state index >= 15 is 0 Å².